The Hall–Kier alpha value is -1.10. The van der Waals surface area contributed by atoms with Gasteiger partial charge in [0.15, 0.2) is 0 Å². The van der Waals surface area contributed by atoms with Gasteiger partial charge in [0.05, 0.1) is 0 Å². The molecule has 0 heterocycles. The molecule has 3 N–H and O–H groups in total. The van der Waals surface area contributed by atoms with Gasteiger partial charge in [-0.25, -0.2) is 11.3 Å². The largest absolute Gasteiger partial charge is 0.283 e. The second kappa shape index (κ2) is 6.60. The summed E-state index contributed by atoms with van der Waals surface area (Å²) in [7, 11) is 3.35. The van der Waals surface area contributed by atoms with E-state index in [1.54, 1.807) is 20.3 Å². The van der Waals surface area contributed by atoms with Gasteiger partial charge in [-0.15, -0.1) is 0 Å². The Bertz CT molecular complexity index is 161. The molecule has 70 valence electrons. The van der Waals surface area contributed by atoms with Crippen LogP contribution in [-0.2, 0) is 0 Å². The van der Waals surface area contributed by atoms with Crippen LogP contribution in [0.4, 0.5) is 0 Å². The number of nitrogens with two attached hydrogens (primary N) is 1. The zero-order valence-electron chi connectivity index (χ0n) is 7.91. The minimum atomic E-state index is 0.544. The number of rotatable bonds is 3. The van der Waals surface area contributed by atoms with Crippen LogP contribution in [0, 0.1) is 0 Å². The lowest BCUT2D eigenvalue weighted by Crippen LogP contribution is -2.40. The van der Waals surface area contributed by atoms with Crippen molar-refractivity contribution in [2.75, 3.05) is 14.1 Å². The normalized spacial score (nSPS) is 12.2. The van der Waals surface area contributed by atoms with Gasteiger partial charge >= 0.3 is 0 Å². The molecular formula is C7H17N5. The third-order valence-electron chi connectivity index (χ3n) is 1.22. The smallest absolute Gasteiger partial charge is 0.228 e. The van der Waals surface area contributed by atoms with E-state index < -0.39 is 0 Å². The number of hydrogen-bond donors (Lipinski definition) is 2. The lowest BCUT2D eigenvalue weighted by molar-refractivity contribution is 0.513. The number of nitrogens with zero attached hydrogens (tertiary/aromatic N) is 3. The lowest BCUT2D eigenvalue weighted by atomic mass is 10.4. The standard InChI is InChI=1S/C7H17N5/c1-4-5-6-10-11-7(9-2)12(3)8/h6H,4-5,8H2,1-3H3,(H,9,11)/b10-6+. The minimum absolute atomic E-state index is 0.544. The first-order chi connectivity index (χ1) is 5.72. The fourth-order valence-electron chi connectivity index (χ4n) is 0.584. The molecule has 0 bridgehead atoms. The van der Waals surface area contributed by atoms with Gasteiger partial charge in [0.25, 0.3) is 0 Å². The Kier molecular flexibility index (Phi) is 6.00. The number of hydrogen-bond acceptors (Lipinski definition) is 3. The number of hydrazone groups is 1. The molecule has 0 spiro atoms. The van der Waals surface area contributed by atoms with Crippen LogP contribution < -0.4 is 11.3 Å². The predicted octanol–water partition coefficient (Wildman–Crippen LogP) is 0.153. The van der Waals surface area contributed by atoms with E-state index in [4.69, 9.17) is 5.84 Å². The number of unbranched alkanes of at least 4 members (excludes halogenated alkanes) is 1. The van der Waals surface area contributed by atoms with Crippen molar-refractivity contribution in [3.8, 4) is 0 Å². The Balaban J connectivity index is 3.74. The third kappa shape index (κ3) is 4.68. The summed E-state index contributed by atoms with van der Waals surface area (Å²) < 4.78 is 0. The van der Waals surface area contributed by atoms with Gasteiger partial charge in [0.1, 0.15) is 0 Å². The maximum atomic E-state index is 5.43. The number of nitrogens with one attached hydrogen (secondary N) is 1. The zero-order valence-corrected chi connectivity index (χ0v) is 7.91. The van der Waals surface area contributed by atoms with Crippen molar-refractivity contribution in [3.05, 3.63) is 0 Å². The van der Waals surface area contributed by atoms with Gasteiger partial charge in [0, 0.05) is 20.3 Å². The molecule has 0 atom stereocenters. The molecule has 0 unspecified atom stereocenters. The summed E-state index contributed by atoms with van der Waals surface area (Å²) in [6, 6.07) is 0. The van der Waals surface area contributed by atoms with Crippen molar-refractivity contribution in [1.29, 1.82) is 0 Å². The van der Waals surface area contributed by atoms with Crippen molar-refractivity contribution in [1.82, 2.24) is 10.4 Å². The summed E-state index contributed by atoms with van der Waals surface area (Å²) in [5, 5.41) is 5.30. The molecule has 0 rings (SSSR count). The summed E-state index contributed by atoms with van der Waals surface area (Å²) >= 11 is 0. The van der Waals surface area contributed by atoms with E-state index in [-0.39, 0.29) is 0 Å². The fourth-order valence-corrected chi connectivity index (χ4v) is 0.584. The number of aliphatic imine (C=N–C) groups is 1. The molecule has 0 aliphatic heterocycles. The van der Waals surface area contributed by atoms with Crippen LogP contribution in [0.3, 0.4) is 0 Å². The molecule has 0 aromatic rings. The van der Waals surface area contributed by atoms with Crippen molar-refractivity contribution < 1.29 is 0 Å². The van der Waals surface area contributed by atoms with Crippen molar-refractivity contribution >= 4 is 12.2 Å². The van der Waals surface area contributed by atoms with Gasteiger partial charge in [-0.05, 0) is 6.42 Å². The quantitative estimate of drug-likeness (QED) is 0.275. The van der Waals surface area contributed by atoms with Crippen molar-refractivity contribution in [2.45, 2.75) is 19.8 Å². The van der Waals surface area contributed by atoms with Crippen molar-refractivity contribution in [3.63, 3.8) is 0 Å². The summed E-state index contributed by atoms with van der Waals surface area (Å²) in [5.74, 6) is 5.97. The second-order valence-corrected chi connectivity index (χ2v) is 2.37. The molecule has 0 aliphatic carbocycles. The van der Waals surface area contributed by atoms with Crippen molar-refractivity contribution in [2.24, 2.45) is 15.9 Å². The van der Waals surface area contributed by atoms with Crippen LogP contribution >= 0.6 is 0 Å². The second-order valence-electron chi connectivity index (χ2n) is 2.37. The molecule has 0 aliphatic rings. The van der Waals surface area contributed by atoms with E-state index in [1.165, 1.54) is 5.01 Å². The first-order valence-corrected chi connectivity index (χ1v) is 3.95. The maximum Gasteiger partial charge on any atom is 0.228 e. The molecule has 0 aromatic carbocycles. The molecule has 0 aromatic heterocycles. The highest BCUT2D eigenvalue weighted by atomic mass is 15.5. The van der Waals surface area contributed by atoms with Crippen LogP contribution in [0.1, 0.15) is 19.8 Å². The SMILES string of the molecule is CCC/C=N/NC(=NC)N(C)N. The maximum absolute atomic E-state index is 5.43. The van der Waals surface area contributed by atoms with Crippen LogP contribution in [-0.4, -0.2) is 31.3 Å². The topological polar surface area (TPSA) is 66.0 Å². The summed E-state index contributed by atoms with van der Waals surface area (Å²) in [6.07, 6.45) is 3.84. The molecule has 12 heavy (non-hydrogen) atoms. The first kappa shape index (κ1) is 10.9. The number of guanidine groups is 1. The van der Waals surface area contributed by atoms with Gasteiger partial charge in [-0.1, -0.05) is 13.3 Å². The van der Waals surface area contributed by atoms with Gasteiger partial charge in [-0.3, -0.25) is 10.0 Å². The Morgan fingerprint density at radius 1 is 1.67 bits per heavy atom. The van der Waals surface area contributed by atoms with Crippen LogP contribution in [0.2, 0.25) is 0 Å². The van der Waals surface area contributed by atoms with Gasteiger partial charge in [-0.2, -0.15) is 5.10 Å². The van der Waals surface area contributed by atoms with Crippen LogP contribution in [0.15, 0.2) is 10.1 Å². The Labute approximate surface area is 73.3 Å². The summed E-state index contributed by atoms with van der Waals surface area (Å²) in [5.41, 5.74) is 2.72. The highest BCUT2D eigenvalue weighted by Gasteiger charge is 1.95. The number of hydrazine groups is 1. The van der Waals surface area contributed by atoms with E-state index in [0.717, 1.165) is 12.8 Å². The van der Waals surface area contributed by atoms with Gasteiger partial charge < -0.3 is 0 Å². The Morgan fingerprint density at radius 3 is 2.75 bits per heavy atom. The van der Waals surface area contributed by atoms with E-state index in [9.17, 15) is 0 Å². The third-order valence-corrected chi connectivity index (χ3v) is 1.22. The molecule has 0 radical (unpaired) electrons. The molecule has 0 amide bonds. The fraction of sp³-hybridized carbons (Fsp3) is 0.714. The summed E-state index contributed by atoms with van der Waals surface area (Å²) in [6.45, 7) is 2.09. The average molecular weight is 171 g/mol. The summed E-state index contributed by atoms with van der Waals surface area (Å²) in [4.78, 5) is 3.88. The lowest BCUT2D eigenvalue weighted by Gasteiger charge is -2.12. The van der Waals surface area contributed by atoms with Gasteiger partial charge in [0.2, 0.25) is 5.96 Å². The Morgan fingerprint density at radius 2 is 2.33 bits per heavy atom. The van der Waals surface area contributed by atoms with Crippen LogP contribution in [0.5, 0.6) is 0 Å². The highest BCUT2D eigenvalue weighted by Crippen LogP contribution is 1.80. The minimum Gasteiger partial charge on any atom is -0.283 e. The van der Waals surface area contributed by atoms with E-state index >= 15 is 0 Å². The molecule has 0 saturated heterocycles. The van der Waals surface area contributed by atoms with E-state index in [0.29, 0.717) is 5.96 Å². The predicted molar refractivity (Wildman–Crippen MR) is 51.8 cm³/mol. The highest BCUT2D eigenvalue weighted by molar-refractivity contribution is 5.79. The van der Waals surface area contributed by atoms with Crippen LogP contribution in [0.25, 0.3) is 0 Å². The molecule has 5 nitrogen and oxygen atoms in total. The molecule has 5 heteroatoms. The van der Waals surface area contributed by atoms with E-state index in [1.807, 2.05) is 0 Å². The van der Waals surface area contributed by atoms with E-state index in [2.05, 4.69) is 22.4 Å². The molecule has 0 saturated carbocycles. The zero-order chi connectivity index (χ0) is 9.40. The molecular weight excluding hydrogens is 154 g/mol. The monoisotopic (exact) mass is 171 g/mol. The average Bonchev–Trinajstić information content (AvgIpc) is 2.04. The first-order valence-electron chi connectivity index (χ1n) is 3.95. The molecule has 0 fully saturated rings.